The fourth-order valence-corrected chi connectivity index (χ4v) is 6.42. The molecule has 2 aromatic heterocycles. The number of nitrogens with zero attached hydrogens (tertiary/aromatic N) is 8. The van der Waals surface area contributed by atoms with Gasteiger partial charge >= 0.3 is 0 Å². The number of aromatic hydroxyl groups is 2. The van der Waals surface area contributed by atoms with Gasteiger partial charge in [0.25, 0.3) is 0 Å². The van der Waals surface area contributed by atoms with Gasteiger partial charge in [-0.25, -0.2) is 4.99 Å². The average Bonchev–Trinajstić information content (AvgIpc) is 3.92. The van der Waals surface area contributed by atoms with E-state index in [2.05, 4.69) is 82.5 Å². The molecule has 382 valence electrons. The van der Waals surface area contributed by atoms with Crippen molar-refractivity contribution in [1.29, 1.82) is 0 Å². The zero-order valence-corrected chi connectivity index (χ0v) is 41.1. The Hall–Kier alpha value is -8.15. The van der Waals surface area contributed by atoms with Crippen LogP contribution in [0.5, 0.6) is 11.5 Å². The molecule has 0 saturated carbocycles. The van der Waals surface area contributed by atoms with Gasteiger partial charge in [0.05, 0.1) is 51.0 Å². The molecular weight excluding hydrogens is 932 g/mol. The van der Waals surface area contributed by atoms with Crippen molar-refractivity contribution < 1.29 is 19.0 Å². The Morgan fingerprint density at radius 3 is 1.65 bits per heavy atom. The standard InChI is InChI=1S/C13H19N5O2.C11H14ClN5.2C11H17N5O/c1-8-7-16-12(14)18-13(17-8)15-5-4-9-2-3-10(19)11(20)6-9;1-7-6-14-10(13)17-11(15-7)16-9-4-2-8(12)3-5-9;1-8-6-14-10(12)16-11(15-8)13-4-2-9-3-5-17-7-9;1-8-7-14-10(12)16-11(15-8)13-5-4-9-3-2-6-17-9/h2-3,6,8,19-20H,4-5,7H2,1H3,(H4,14,15,16,17,18);2-5,7H,6H2,1H3,(H4,13,14,15,16,17);3,5,7-8H,2,4,6H2,1H3,(H4,12,13,14,15,16);2-3,6,8H,4-5,7H2,1H3,(H4,12,13,14,15,16). The third-order valence-electron chi connectivity index (χ3n) is 9.89. The number of phenolic OH excluding ortho intramolecular Hbond substituents is 2. The van der Waals surface area contributed by atoms with Crippen molar-refractivity contribution in [2.45, 2.75) is 71.1 Å². The molecule has 0 spiro atoms. The first-order valence-electron chi connectivity index (χ1n) is 23.0. The van der Waals surface area contributed by atoms with Gasteiger partial charge in [-0.3, -0.25) is 56.2 Å². The summed E-state index contributed by atoms with van der Waals surface area (Å²) in [6.07, 6.45) is 7.31. The van der Waals surface area contributed by atoms with E-state index in [4.69, 9.17) is 43.4 Å². The van der Waals surface area contributed by atoms with Gasteiger partial charge in [-0.1, -0.05) is 17.7 Å². The number of anilines is 1. The molecule has 0 amide bonds. The van der Waals surface area contributed by atoms with Gasteiger partial charge in [-0.05, 0) is 106 Å². The Morgan fingerprint density at radius 2 is 1.14 bits per heavy atom. The topological polar surface area (TPSA) is 366 Å². The minimum absolute atomic E-state index is 0.0957. The summed E-state index contributed by atoms with van der Waals surface area (Å²) in [5.41, 5.74) is 25.6. The quantitative estimate of drug-likeness (QED) is 0.100. The molecule has 6 heterocycles. The summed E-state index contributed by atoms with van der Waals surface area (Å²) in [5, 5.41) is 43.7. The lowest BCUT2D eigenvalue weighted by molar-refractivity contribution is 0.403. The predicted octanol–water partition coefficient (Wildman–Crippen LogP) is 1.45. The van der Waals surface area contributed by atoms with Crippen LogP contribution in [0.4, 0.5) is 5.69 Å². The Kier molecular flexibility index (Phi) is 21.5. The lowest BCUT2D eigenvalue weighted by Gasteiger charge is -2.11. The number of hydrogen-bond acceptors (Lipinski definition) is 18. The minimum Gasteiger partial charge on any atom is -0.504 e. The summed E-state index contributed by atoms with van der Waals surface area (Å²) in [6.45, 7) is 12.4. The minimum atomic E-state index is -0.120. The van der Waals surface area contributed by atoms with E-state index in [0.29, 0.717) is 105 Å². The van der Waals surface area contributed by atoms with Crippen LogP contribution in [0.25, 0.3) is 0 Å². The highest BCUT2D eigenvalue weighted by atomic mass is 35.5. The van der Waals surface area contributed by atoms with Crippen LogP contribution >= 0.6 is 11.6 Å². The average molecular weight is 1000 g/mol. The van der Waals surface area contributed by atoms with Gasteiger partial charge in [0.2, 0.25) is 5.96 Å². The molecule has 0 aliphatic carbocycles. The molecule has 2 aromatic carbocycles. The van der Waals surface area contributed by atoms with E-state index in [1.807, 2.05) is 70.2 Å². The van der Waals surface area contributed by atoms with Gasteiger partial charge in [0, 0.05) is 54.9 Å². The van der Waals surface area contributed by atoms with Crippen molar-refractivity contribution in [2.75, 3.05) is 51.1 Å². The first kappa shape index (κ1) is 53.8. The Balaban J connectivity index is 0.000000176. The van der Waals surface area contributed by atoms with Gasteiger partial charge in [-0.2, -0.15) is 0 Å². The predicted molar refractivity (Wildman–Crippen MR) is 283 cm³/mol. The van der Waals surface area contributed by atoms with Crippen LogP contribution in [0, 0.1) is 0 Å². The molecule has 0 fully saturated rings. The zero-order chi connectivity index (χ0) is 51.0. The summed E-state index contributed by atoms with van der Waals surface area (Å²) >= 11 is 5.81. The Bertz CT molecular complexity index is 2430. The van der Waals surface area contributed by atoms with Gasteiger partial charge in [0.1, 0.15) is 5.76 Å². The van der Waals surface area contributed by atoms with Crippen LogP contribution in [0.3, 0.4) is 0 Å². The molecule has 24 nitrogen and oxygen atoms in total. The smallest absolute Gasteiger partial charge is 0.202 e. The highest BCUT2D eigenvalue weighted by Crippen LogP contribution is 2.25. The SMILES string of the molecule is CC1CN=C(N)NC(=NCCc2ccc(O)c(O)c2)N1.CC1CN=C(N)NC(=NCCc2ccco2)N1.CC1CN=C(N)NC(=NCCc2ccoc2)N1.CC1CN=C(N)NC(Nc2ccc(Cl)cc2)=N1. The highest BCUT2D eigenvalue weighted by Gasteiger charge is 2.14. The molecule has 4 aromatic rings. The maximum atomic E-state index is 9.41. The number of hydrogen-bond donors (Lipinski definition) is 14. The summed E-state index contributed by atoms with van der Waals surface area (Å²) in [6, 6.07) is 18.6. The van der Waals surface area contributed by atoms with Gasteiger partial charge in [0.15, 0.2) is 53.2 Å². The number of phenols is 2. The Morgan fingerprint density at radius 1 is 0.620 bits per heavy atom. The van der Waals surface area contributed by atoms with Crippen molar-refractivity contribution in [3.05, 3.63) is 101 Å². The molecule has 4 aliphatic rings. The number of nitrogens with two attached hydrogens (primary N) is 4. The first-order chi connectivity index (χ1) is 34.1. The van der Waals surface area contributed by atoms with E-state index >= 15 is 0 Å². The molecule has 0 saturated heterocycles. The van der Waals surface area contributed by atoms with Crippen molar-refractivity contribution >= 4 is 65.0 Å². The second kappa shape index (κ2) is 28.4. The number of benzene rings is 2. The fourth-order valence-electron chi connectivity index (χ4n) is 6.29. The maximum absolute atomic E-state index is 9.41. The molecule has 4 aliphatic heterocycles. The monoisotopic (exact) mass is 999 g/mol. The normalized spacial score (nSPS) is 21.4. The number of halogens is 1. The number of rotatable bonds is 10. The van der Waals surface area contributed by atoms with Crippen LogP contribution in [-0.2, 0) is 19.3 Å². The van der Waals surface area contributed by atoms with Crippen molar-refractivity contribution in [3.63, 3.8) is 0 Å². The number of aliphatic imine (C=N–C) groups is 8. The third kappa shape index (κ3) is 20.9. The van der Waals surface area contributed by atoms with Crippen LogP contribution in [-0.4, -0.2) is 128 Å². The van der Waals surface area contributed by atoms with E-state index in [-0.39, 0.29) is 35.7 Å². The second-order valence-corrected chi connectivity index (χ2v) is 16.9. The molecule has 0 bridgehead atoms. The van der Waals surface area contributed by atoms with Crippen LogP contribution in [0.15, 0.2) is 128 Å². The number of guanidine groups is 8. The second-order valence-electron chi connectivity index (χ2n) is 16.5. The molecule has 0 radical (unpaired) electrons. The van der Waals surface area contributed by atoms with E-state index in [1.54, 1.807) is 24.9 Å². The summed E-state index contributed by atoms with van der Waals surface area (Å²) < 4.78 is 10.2. The lowest BCUT2D eigenvalue weighted by Crippen LogP contribution is -2.45. The van der Waals surface area contributed by atoms with Gasteiger partial charge < -0.3 is 63.2 Å². The maximum Gasteiger partial charge on any atom is 0.202 e. The number of furan rings is 2. The molecule has 25 heteroatoms. The molecule has 8 rings (SSSR count). The molecule has 4 atom stereocenters. The van der Waals surface area contributed by atoms with Crippen molar-refractivity contribution in [3.8, 4) is 11.5 Å². The fraction of sp³-hybridized carbons (Fsp3) is 0.391. The van der Waals surface area contributed by atoms with Gasteiger partial charge in [-0.15, -0.1) is 0 Å². The first-order valence-corrected chi connectivity index (χ1v) is 23.4. The summed E-state index contributed by atoms with van der Waals surface area (Å²) in [7, 11) is 0. The summed E-state index contributed by atoms with van der Waals surface area (Å²) in [4.78, 5) is 34.1. The largest absolute Gasteiger partial charge is 0.504 e. The third-order valence-corrected chi connectivity index (χ3v) is 10.1. The molecular formula is C46H67ClN20O4. The zero-order valence-electron chi connectivity index (χ0n) is 40.4. The Labute approximate surface area is 417 Å². The number of nitrogens with one attached hydrogen (secondary N) is 8. The molecule has 71 heavy (non-hydrogen) atoms. The van der Waals surface area contributed by atoms with E-state index in [1.165, 1.54) is 12.1 Å². The molecule has 4 unspecified atom stereocenters. The van der Waals surface area contributed by atoms with Crippen LogP contribution in [0.2, 0.25) is 5.02 Å². The van der Waals surface area contributed by atoms with Crippen LogP contribution < -0.4 is 65.5 Å². The van der Waals surface area contributed by atoms with E-state index < -0.39 is 0 Å². The van der Waals surface area contributed by atoms with Crippen molar-refractivity contribution in [2.24, 2.45) is 62.9 Å². The lowest BCUT2D eigenvalue weighted by atomic mass is 10.1. The van der Waals surface area contributed by atoms with E-state index in [9.17, 15) is 10.2 Å². The van der Waals surface area contributed by atoms with Crippen molar-refractivity contribution in [1.82, 2.24) is 37.2 Å². The van der Waals surface area contributed by atoms with E-state index in [0.717, 1.165) is 35.4 Å². The molecule has 18 N–H and O–H groups in total. The summed E-state index contributed by atoms with van der Waals surface area (Å²) in [5.74, 6) is 4.76. The van der Waals surface area contributed by atoms with Crippen LogP contribution in [0.1, 0.15) is 44.6 Å². The highest BCUT2D eigenvalue weighted by molar-refractivity contribution is 6.30.